The molecule has 28 heavy (non-hydrogen) atoms. The van der Waals surface area contributed by atoms with Crippen LogP contribution in [0.25, 0.3) is 0 Å². The Labute approximate surface area is 168 Å². The number of aromatic nitrogens is 2. The van der Waals surface area contributed by atoms with Gasteiger partial charge in [-0.2, -0.15) is 0 Å². The second-order valence-electron chi connectivity index (χ2n) is 6.56. The number of nitrogens with zero attached hydrogens (tertiary/aromatic N) is 2. The van der Waals surface area contributed by atoms with Crippen LogP contribution in [0.1, 0.15) is 29.9 Å². The quantitative estimate of drug-likeness (QED) is 0.673. The SMILES string of the molecule is Cc1cc(Cl)ccc1OC(C)C(=O)NC(c1ccc(F)cc1)c1nccn1C. The van der Waals surface area contributed by atoms with Crippen LogP contribution in [0.4, 0.5) is 4.39 Å². The Morgan fingerprint density at radius 1 is 1.25 bits per heavy atom. The van der Waals surface area contributed by atoms with Crippen molar-refractivity contribution in [3.8, 4) is 5.75 Å². The van der Waals surface area contributed by atoms with E-state index in [1.807, 2.05) is 18.5 Å². The standard InChI is InChI=1S/C21H21ClFN3O2/c1-13-12-16(22)6-9-18(13)28-14(2)21(27)25-19(20-24-10-11-26(20)3)15-4-7-17(23)8-5-15/h4-12,14,19H,1-3H3,(H,25,27). The number of rotatable bonds is 6. The van der Waals surface area contributed by atoms with E-state index in [1.165, 1.54) is 12.1 Å². The number of amides is 1. The van der Waals surface area contributed by atoms with Crippen LogP contribution >= 0.6 is 11.6 Å². The first-order valence-corrected chi connectivity index (χ1v) is 9.19. The topological polar surface area (TPSA) is 56.1 Å². The van der Waals surface area contributed by atoms with Crippen LogP contribution < -0.4 is 10.1 Å². The van der Waals surface area contributed by atoms with Crippen LogP contribution in [0.5, 0.6) is 5.75 Å². The van der Waals surface area contributed by atoms with E-state index in [2.05, 4.69) is 10.3 Å². The number of ether oxygens (including phenoxy) is 1. The second-order valence-corrected chi connectivity index (χ2v) is 7.00. The molecule has 2 unspecified atom stereocenters. The van der Waals surface area contributed by atoms with E-state index in [4.69, 9.17) is 16.3 Å². The molecule has 1 amide bonds. The maximum atomic E-state index is 13.3. The van der Waals surface area contributed by atoms with Crippen LogP contribution in [0.2, 0.25) is 5.02 Å². The first-order chi connectivity index (χ1) is 13.3. The fourth-order valence-electron chi connectivity index (χ4n) is 2.86. The molecule has 2 aromatic carbocycles. The Hall–Kier alpha value is -2.86. The number of hydrogen-bond donors (Lipinski definition) is 1. The van der Waals surface area contributed by atoms with Gasteiger partial charge in [0.2, 0.25) is 0 Å². The summed E-state index contributed by atoms with van der Waals surface area (Å²) in [6, 6.07) is 10.7. The molecule has 7 heteroatoms. The highest BCUT2D eigenvalue weighted by atomic mass is 35.5. The lowest BCUT2D eigenvalue weighted by Gasteiger charge is -2.22. The van der Waals surface area contributed by atoms with E-state index in [-0.39, 0.29) is 11.7 Å². The molecule has 0 aliphatic carbocycles. The molecule has 3 aromatic rings. The summed E-state index contributed by atoms with van der Waals surface area (Å²) in [4.78, 5) is 17.1. The zero-order valence-electron chi connectivity index (χ0n) is 15.8. The Kier molecular flexibility index (Phi) is 5.99. The number of aryl methyl sites for hydroxylation is 2. The summed E-state index contributed by atoms with van der Waals surface area (Å²) in [6.07, 6.45) is 2.69. The first-order valence-electron chi connectivity index (χ1n) is 8.81. The summed E-state index contributed by atoms with van der Waals surface area (Å²) in [5.41, 5.74) is 1.56. The number of benzene rings is 2. The van der Waals surface area contributed by atoms with Crippen LogP contribution in [-0.4, -0.2) is 21.6 Å². The highest BCUT2D eigenvalue weighted by molar-refractivity contribution is 6.30. The molecule has 1 aromatic heterocycles. The minimum Gasteiger partial charge on any atom is -0.481 e. The largest absolute Gasteiger partial charge is 0.481 e. The van der Waals surface area contributed by atoms with Crippen molar-refractivity contribution in [2.24, 2.45) is 7.05 Å². The van der Waals surface area contributed by atoms with Crippen LogP contribution in [-0.2, 0) is 11.8 Å². The van der Waals surface area contributed by atoms with Crippen LogP contribution in [0, 0.1) is 12.7 Å². The van der Waals surface area contributed by atoms with E-state index in [0.29, 0.717) is 16.6 Å². The maximum Gasteiger partial charge on any atom is 0.261 e. The maximum absolute atomic E-state index is 13.3. The Bertz CT molecular complexity index is 972. The van der Waals surface area contributed by atoms with Crippen molar-refractivity contribution in [1.82, 2.24) is 14.9 Å². The lowest BCUT2D eigenvalue weighted by molar-refractivity contribution is -0.127. The molecule has 0 aliphatic rings. The summed E-state index contributed by atoms with van der Waals surface area (Å²) in [7, 11) is 1.84. The molecular formula is C21H21ClFN3O2. The number of hydrogen-bond acceptors (Lipinski definition) is 3. The van der Waals surface area contributed by atoms with Crippen molar-refractivity contribution in [3.63, 3.8) is 0 Å². The fourth-order valence-corrected chi connectivity index (χ4v) is 3.08. The highest BCUT2D eigenvalue weighted by Crippen LogP contribution is 2.24. The number of imidazole rings is 1. The minimum absolute atomic E-state index is 0.313. The molecule has 0 bridgehead atoms. The summed E-state index contributed by atoms with van der Waals surface area (Å²) < 4.78 is 20.9. The van der Waals surface area contributed by atoms with Gasteiger partial charge in [0.1, 0.15) is 23.4 Å². The normalized spacial score (nSPS) is 13.0. The predicted octanol–water partition coefficient (Wildman–Crippen LogP) is 4.19. The lowest BCUT2D eigenvalue weighted by atomic mass is 10.1. The molecule has 1 heterocycles. The van der Waals surface area contributed by atoms with Crippen LogP contribution in [0.3, 0.4) is 0 Å². The van der Waals surface area contributed by atoms with Gasteiger partial charge in [0.05, 0.1) is 0 Å². The fraction of sp³-hybridized carbons (Fsp3) is 0.238. The highest BCUT2D eigenvalue weighted by Gasteiger charge is 2.24. The zero-order valence-corrected chi connectivity index (χ0v) is 16.6. The van der Waals surface area contributed by atoms with Crippen molar-refractivity contribution in [2.75, 3.05) is 0 Å². The van der Waals surface area contributed by atoms with E-state index >= 15 is 0 Å². The van der Waals surface area contributed by atoms with E-state index < -0.39 is 12.1 Å². The minimum atomic E-state index is -0.747. The molecule has 0 aliphatic heterocycles. The number of nitrogens with one attached hydrogen (secondary N) is 1. The van der Waals surface area contributed by atoms with Gasteiger partial charge in [-0.15, -0.1) is 0 Å². The molecule has 0 radical (unpaired) electrons. The average molecular weight is 402 g/mol. The third kappa shape index (κ3) is 4.51. The van der Waals surface area contributed by atoms with Gasteiger partial charge in [0, 0.05) is 24.5 Å². The molecule has 0 saturated carbocycles. The molecule has 1 N–H and O–H groups in total. The molecule has 146 valence electrons. The van der Waals surface area contributed by atoms with Gasteiger partial charge in [0.15, 0.2) is 6.10 Å². The van der Waals surface area contributed by atoms with Crippen molar-refractivity contribution < 1.29 is 13.9 Å². The number of carbonyl (C=O) groups excluding carboxylic acids is 1. The first kappa shape index (κ1) is 19.9. The number of carbonyl (C=O) groups is 1. The Morgan fingerprint density at radius 3 is 2.57 bits per heavy atom. The summed E-state index contributed by atoms with van der Waals surface area (Å²) >= 11 is 5.96. The van der Waals surface area contributed by atoms with Gasteiger partial charge >= 0.3 is 0 Å². The van der Waals surface area contributed by atoms with Crippen molar-refractivity contribution >= 4 is 17.5 Å². The van der Waals surface area contributed by atoms with Gasteiger partial charge < -0.3 is 14.6 Å². The Balaban J connectivity index is 1.80. The lowest BCUT2D eigenvalue weighted by Crippen LogP contribution is -2.39. The van der Waals surface area contributed by atoms with E-state index in [0.717, 1.165) is 11.1 Å². The molecule has 0 spiro atoms. The average Bonchev–Trinajstić information content (AvgIpc) is 3.08. The van der Waals surface area contributed by atoms with Gasteiger partial charge in [-0.05, 0) is 55.3 Å². The van der Waals surface area contributed by atoms with E-state index in [1.54, 1.807) is 49.6 Å². The zero-order chi connectivity index (χ0) is 20.3. The molecular weight excluding hydrogens is 381 g/mol. The Morgan fingerprint density at radius 2 is 1.96 bits per heavy atom. The van der Waals surface area contributed by atoms with Gasteiger partial charge in [-0.25, -0.2) is 9.37 Å². The third-order valence-corrected chi connectivity index (χ3v) is 4.65. The van der Waals surface area contributed by atoms with Crippen LogP contribution in [0.15, 0.2) is 54.9 Å². The molecule has 0 saturated heterocycles. The van der Waals surface area contributed by atoms with E-state index in [9.17, 15) is 9.18 Å². The molecule has 2 atom stereocenters. The summed E-state index contributed by atoms with van der Waals surface area (Å²) in [6.45, 7) is 3.53. The van der Waals surface area contributed by atoms with Crippen molar-refractivity contribution in [3.05, 3.63) is 82.6 Å². The third-order valence-electron chi connectivity index (χ3n) is 4.42. The van der Waals surface area contributed by atoms with Gasteiger partial charge in [-0.1, -0.05) is 23.7 Å². The number of halogens is 2. The van der Waals surface area contributed by atoms with Gasteiger partial charge in [0.25, 0.3) is 5.91 Å². The molecule has 3 rings (SSSR count). The predicted molar refractivity (Wildman–Crippen MR) is 106 cm³/mol. The molecule has 5 nitrogen and oxygen atoms in total. The molecule has 0 fully saturated rings. The smallest absolute Gasteiger partial charge is 0.261 e. The summed E-state index contributed by atoms with van der Waals surface area (Å²) in [5.74, 6) is 0.562. The second kappa shape index (κ2) is 8.44. The van der Waals surface area contributed by atoms with Crippen molar-refractivity contribution in [1.29, 1.82) is 0 Å². The summed E-state index contributed by atoms with van der Waals surface area (Å²) in [5, 5.41) is 3.56. The van der Waals surface area contributed by atoms with Crippen molar-refractivity contribution in [2.45, 2.75) is 26.0 Å². The monoisotopic (exact) mass is 401 g/mol. The van der Waals surface area contributed by atoms with Gasteiger partial charge in [-0.3, -0.25) is 4.79 Å².